The normalized spacial score (nSPS) is 17.5. The van der Waals surface area contributed by atoms with Gasteiger partial charge in [0.05, 0.1) is 18.6 Å². The van der Waals surface area contributed by atoms with Crippen LogP contribution in [0.4, 0.5) is 5.82 Å². The van der Waals surface area contributed by atoms with Crippen molar-refractivity contribution in [1.82, 2.24) is 29.7 Å². The topological polar surface area (TPSA) is 111 Å². The van der Waals surface area contributed by atoms with Crippen molar-refractivity contribution in [3.63, 3.8) is 0 Å². The van der Waals surface area contributed by atoms with Gasteiger partial charge in [0.25, 0.3) is 0 Å². The van der Waals surface area contributed by atoms with E-state index < -0.39 is 6.61 Å². The summed E-state index contributed by atoms with van der Waals surface area (Å²) in [6, 6.07) is 6.29. The van der Waals surface area contributed by atoms with Crippen molar-refractivity contribution in [1.29, 1.82) is 0 Å². The smallest absolute Gasteiger partial charge is 0.248 e. The van der Waals surface area contributed by atoms with Gasteiger partial charge in [-0.25, -0.2) is 15.0 Å². The first-order valence-corrected chi connectivity index (χ1v) is 12.7. The highest BCUT2D eigenvalue weighted by Gasteiger charge is 2.23. The molecule has 0 aliphatic carbocycles. The van der Waals surface area contributed by atoms with Gasteiger partial charge in [-0.05, 0) is 18.2 Å². The Labute approximate surface area is 206 Å². The third-order valence-electron chi connectivity index (χ3n) is 6.63. The number of carbonyl (C=O) groups is 1. The van der Waals surface area contributed by atoms with E-state index in [-0.39, 0.29) is 5.91 Å². The van der Waals surface area contributed by atoms with Crippen molar-refractivity contribution in [3.8, 4) is 11.4 Å². The summed E-state index contributed by atoms with van der Waals surface area (Å²) in [4.78, 5) is 38.0. The Hall–Kier alpha value is -3.12. The number of amides is 1. The second-order valence-electron chi connectivity index (χ2n) is 8.86. The highest BCUT2D eigenvalue weighted by Crippen LogP contribution is 2.34. The number of H-pyrrole nitrogens is 1. The van der Waals surface area contributed by atoms with Crippen LogP contribution in [0.15, 0.2) is 30.6 Å². The number of aliphatic hydroxyl groups is 1. The Morgan fingerprint density at radius 1 is 1.11 bits per heavy atom. The zero-order chi connectivity index (χ0) is 23.8. The quantitative estimate of drug-likeness (QED) is 0.432. The number of thiophene rings is 1. The van der Waals surface area contributed by atoms with Gasteiger partial charge in [-0.1, -0.05) is 0 Å². The number of fused-ring (bicyclic) bond motifs is 2. The van der Waals surface area contributed by atoms with Gasteiger partial charge >= 0.3 is 0 Å². The van der Waals surface area contributed by atoms with E-state index >= 15 is 0 Å². The largest absolute Gasteiger partial charge is 0.387 e. The van der Waals surface area contributed by atoms with Gasteiger partial charge in [-0.2, -0.15) is 0 Å². The zero-order valence-electron chi connectivity index (χ0n) is 19.3. The summed E-state index contributed by atoms with van der Waals surface area (Å²) in [5.41, 5.74) is 1.75. The van der Waals surface area contributed by atoms with Crippen LogP contribution in [-0.2, 0) is 16.1 Å². The summed E-state index contributed by atoms with van der Waals surface area (Å²) < 4.78 is 5.58. The van der Waals surface area contributed by atoms with Crippen LogP contribution in [-0.4, -0.2) is 99.8 Å². The number of aliphatic hydroxyl groups excluding tert-OH is 1. The molecule has 6 rings (SSSR count). The van der Waals surface area contributed by atoms with Gasteiger partial charge < -0.3 is 24.6 Å². The molecular formula is C24H27N7O3S. The second kappa shape index (κ2) is 9.50. The number of carbonyl (C=O) groups excluding carboxylic acids is 1. The molecule has 10 nitrogen and oxygen atoms in total. The fraction of sp³-hybridized carbons (Fsp3) is 0.417. The minimum atomic E-state index is -0.422. The van der Waals surface area contributed by atoms with E-state index in [0.29, 0.717) is 32.1 Å². The van der Waals surface area contributed by atoms with Crippen LogP contribution in [0.5, 0.6) is 0 Å². The first kappa shape index (κ1) is 22.4. The highest BCUT2D eigenvalue weighted by atomic mass is 32.1. The summed E-state index contributed by atoms with van der Waals surface area (Å²) in [5, 5.41) is 11.2. The van der Waals surface area contributed by atoms with Crippen LogP contribution >= 0.6 is 11.3 Å². The highest BCUT2D eigenvalue weighted by molar-refractivity contribution is 7.18. The van der Waals surface area contributed by atoms with E-state index in [2.05, 4.69) is 31.9 Å². The number of hydrogen-bond donors (Lipinski definition) is 2. The molecule has 0 atom stereocenters. The SMILES string of the molecule is O=C(CO)N1CCN(Cc2cc3c(N4CCOCC4)nc(-c4cnc5[nH]ccc5c4)nc3s2)CC1. The van der Waals surface area contributed by atoms with Crippen LogP contribution in [0.25, 0.3) is 32.6 Å². The molecular weight excluding hydrogens is 466 g/mol. The standard InChI is InChI=1S/C24H27N7O3S/c32-15-20(33)30-5-3-29(4-6-30)14-18-12-19-23(31-7-9-34-10-8-31)27-22(28-24(19)35-18)17-11-16-1-2-25-21(16)26-13-17/h1-2,11-13,32H,3-10,14-15H2,(H,25,26). The molecule has 2 N–H and O–H groups in total. The number of pyridine rings is 1. The number of ether oxygens (including phenoxy) is 1. The van der Waals surface area contributed by atoms with E-state index in [1.165, 1.54) is 4.88 Å². The van der Waals surface area contributed by atoms with Crippen molar-refractivity contribution in [3.05, 3.63) is 35.5 Å². The summed E-state index contributed by atoms with van der Waals surface area (Å²) in [6.45, 7) is 6.20. The fourth-order valence-corrected chi connectivity index (χ4v) is 5.78. The molecule has 11 heteroatoms. The van der Waals surface area contributed by atoms with Gasteiger partial charge in [0, 0.05) is 74.0 Å². The average molecular weight is 494 g/mol. The van der Waals surface area contributed by atoms with Crippen molar-refractivity contribution >= 4 is 44.3 Å². The molecule has 2 fully saturated rings. The third-order valence-corrected chi connectivity index (χ3v) is 7.65. The Morgan fingerprint density at radius 3 is 2.74 bits per heavy atom. The van der Waals surface area contributed by atoms with E-state index in [0.717, 1.165) is 65.4 Å². The lowest BCUT2D eigenvalue weighted by atomic mass is 10.2. The van der Waals surface area contributed by atoms with Crippen LogP contribution in [0.1, 0.15) is 4.88 Å². The Bertz CT molecular complexity index is 1360. The maximum absolute atomic E-state index is 11.8. The minimum absolute atomic E-state index is 0.197. The molecule has 1 amide bonds. The lowest BCUT2D eigenvalue weighted by molar-refractivity contribution is -0.135. The predicted octanol–water partition coefficient (Wildman–Crippen LogP) is 1.71. The van der Waals surface area contributed by atoms with Crippen molar-refractivity contribution < 1.29 is 14.6 Å². The Kier molecular flexibility index (Phi) is 6.06. The molecule has 182 valence electrons. The maximum Gasteiger partial charge on any atom is 0.248 e. The lowest BCUT2D eigenvalue weighted by Gasteiger charge is -2.34. The van der Waals surface area contributed by atoms with E-state index in [9.17, 15) is 4.79 Å². The number of nitrogens with zero attached hydrogens (tertiary/aromatic N) is 6. The number of piperazine rings is 1. The lowest BCUT2D eigenvalue weighted by Crippen LogP contribution is -2.49. The molecule has 0 aromatic carbocycles. The molecule has 35 heavy (non-hydrogen) atoms. The van der Waals surface area contributed by atoms with Crippen molar-refractivity contribution in [2.24, 2.45) is 0 Å². The molecule has 0 spiro atoms. The van der Waals surface area contributed by atoms with Crippen LogP contribution in [0.2, 0.25) is 0 Å². The predicted molar refractivity (Wildman–Crippen MR) is 134 cm³/mol. The summed E-state index contributed by atoms with van der Waals surface area (Å²) >= 11 is 1.70. The molecule has 0 saturated carbocycles. The number of aromatic amines is 1. The van der Waals surface area contributed by atoms with E-state index in [1.807, 2.05) is 18.5 Å². The summed E-state index contributed by atoms with van der Waals surface area (Å²) in [5.74, 6) is 1.43. The van der Waals surface area contributed by atoms with Crippen molar-refractivity contribution in [2.75, 3.05) is 64.0 Å². The van der Waals surface area contributed by atoms with Gasteiger partial charge in [-0.3, -0.25) is 9.69 Å². The molecule has 2 aliphatic rings. The van der Waals surface area contributed by atoms with Gasteiger partial charge in [0.1, 0.15) is 22.9 Å². The van der Waals surface area contributed by atoms with Crippen LogP contribution in [0.3, 0.4) is 0 Å². The fourth-order valence-electron chi connectivity index (χ4n) is 4.72. The van der Waals surface area contributed by atoms with E-state index in [1.54, 1.807) is 16.2 Å². The summed E-state index contributed by atoms with van der Waals surface area (Å²) in [7, 11) is 0. The molecule has 2 saturated heterocycles. The number of anilines is 1. The first-order chi connectivity index (χ1) is 17.2. The zero-order valence-corrected chi connectivity index (χ0v) is 20.1. The molecule has 0 radical (unpaired) electrons. The monoisotopic (exact) mass is 493 g/mol. The van der Waals surface area contributed by atoms with Crippen LogP contribution < -0.4 is 4.90 Å². The van der Waals surface area contributed by atoms with Crippen LogP contribution in [0, 0.1) is 0 Å². The number of aromatic nitrogens is 4. The first-order valence-electron chi connectivity index (χ1n) is 11.9. The second-order valence-corrected chi connectivity index (χ2v) is 9.97. The maximum atomic E-state index is 11.8. The number of morpholine rings is 1. The third kappa shape index (κ3) is 4.47. The van der Waals surface area contributed by atoms with Gasteiger partial charge in [-0.15, -0.1) is 11.3 Å². The van der Waals surface area contributed by atoms with Gasteiger partial charge in [0.15, 0.2) is 5.82 Å². The molecule has 6 heterocycles. The summed E-state index contributed by atoms with van der Waals surface area (Å²) in [6.07, 6.45) is 3.71. The molecule has 0 bridgehead atoms. The number of nitrogens with one attached hydrogen (secondary N) is 1. The van der Waals surface area contributed by atoms with E-state index in [4.69, 9.17) is 19.8 Å². The molecule has 2 aliphatic heterocycles. The number of rotatable bonds is 5. The van der Waals surface area contributed by atoms with Crippen molar-refractivity contribution in [2.45, 2.75) is 6.54 Å². The molecule has 0 unspecified atom stereocenters. The minimum Gasteiger partial charge on any atom is -0.387 e. The Balaban J connectivity index is 1.32. The molecule has 4 aromatic rings. The number of hydrogen-bond acceptors (Lipinski definition) is 9. The average Bonchev–Trinajstić information content (AvgIpc) is 3.54. The Morgan fingerprint density at radius 2 is 1.94 bits per heavy atom. The van der Waals surface area contributed by atoms with Gasteiger partial charge in [0.2, 0.25) is 5.91 Å². The molecule has 4 aromatic heterocycles.